The van der Waals surface area contributed by atoms with E-state index in [4.69, 9.17) is 0 Å². The molecule has 1 aliphatic heterocycles. The van der Waals surface area contributed by atoms with Gasteiger partial charge >= 0.3 is 0 Å². The van der Waals surface area contributed by atoms with Gasteiger partial charge < -0.3 is 10.2 Å². The van der Waals surface area contributed by atoms with Crippen molar-refractivity contribution in [2.45, 2.75) is 65.0 Å². The van der Waals surface area contributed by atoms with Gasteiger partial charge in [0, 0.05) is 19.0 Å². The van der Waals surface area contributed by atoms with Crippen LogP contribution < -0.4 is 5.32 Å². The summed E-state index contributed by atoms with van der Waals surface area (Å²) in [4.78, 5) is 26.5. The minimum absolute atomic E-state index is 0.00741. The van der Waals surface area contributed by atoms with Gasteiger partial charge in [-0.25, -0.2) is 0 Å². The first-order valence-electron chi connectivity index (χ1n) is 6.98. The summed E-state index contributed by atoms with van der Waals surface area (Å²) in [5, 5.41) is 2.95. The van der Waals surface area contributed by atoms with Crippen LogP contribution in [0.15, 0.2) is 0 Å². The lowest BCUT2D eigenvalue weighted by molar-refractivity contribution is -0.140. The van der Waals surface area contributed by atoms with Crippen molar-refractivity contribution in [1.29, 1.82) is 0 Å². The van der Waals surface area contributed by atoms with E-state index in [0.717, 1.165) is 6.42 Å². The van der Waals surface area contributed by atoms with Crippen LogP contribution in [-0.4, -0.2) is 34.8 Å². The van der Waals surface area contributed by atoms with Crippen LogP contribution in [0.25, 0.3) is 0 Å². The highest BCUT2D eigenvalue weighted by Crippen LogP contribution is 2.49. The van der Waals surface area contributed by atoms with Crippen molar-refractivity contribution in [3.8, 4) is 0 Å². The van der Waals surface area contributed by atoms with Crippen LogP contribution in [0.5, 0.6) is 0 Å². The third-order valence-electron chi connectivity index (χ3n) is 4.67. The maximum absolute atomic E-state index is 12.8. The Morgan fingerprint density at radius 2 is 1.83 bits per heavy atom. The second-order valence-corrected chi connectivity index (χ2v) is 6.29. The van der Waals surface area contributed by atoms with Gasteiger partial charge in [-0.15, -0.1) is 0 Å². The Morgan fingerprint density at radius 3 is 2.28 bits per heavy atom. The van der Waals surface area contributed by atoms with Crippen LogP contribution in [0.3, 0.4) is 0 Å². The Hall–Kier alpha value is -1.06. The lowest BCUT2D eigenvalue weighted by Gasteiger charge is -2.34. The van der Waals surface area contributed by atoms with E-state index in [2.05, 4.69) is 19.2 Å². The molecular weight excluding hydrogens is 228 g/mol. The van der Waals surface area contributed by atoms with Crippen molar-refractivity contribution in [2.24, 2.45) is 5.41 Å². The van der Waals surface area contributed by atoms with E-state index in [0.29, 0.717) is 31.8 Å². The minimum Gasteiger partial charge on any atom is -0.342 e. The second-order valence-electron chi connectivity index (χ2n) is 6.29. The molecule has 2 fully saturated rings. The van der Waals surface area contributed by atoms with Gasteiger partial charge in [0.25, 0.3) is 0 Å². The van der Waals surface area contributed by atoms with E-state index in [1.54, 1.807) is 0 Å². The summed E-state index contributed by atoms with van der Waals surface area (Å²) in [5.41, 5.74) is -0.456. The molecule has 1 heterocycles. The molecule has 1 saturated heterocycles. The third kappa shape index (κ3) is 2.02. The highest BCUT2D eigenvalue weighted by atomic mass is 16.2. The van der Waals surface area contributed by atoms with Gasteiger partial charge in [0.05, 0.1) is 0 Å². The molecule has 1 N–H and O–H groups in total. The number of nitrogens with one attached hydrogen (secondary N) is 1. The molecule has 1 unspecified atom stereocenters. The maximum atomic E-state index is 12.8. The molecule has 18 heavy (non-hydrogen) atoms. The van der Waals surface area contributed by atoms with Gasteiger partial charge in [-0.3, -0.25) is 9.59 Å². The average molecular weight is 252 g/mol. The quantitative estimate of drug-likeness (QED) is 0.831. The highest BCUT2D eigenvalue weighted by Gasteiger charge is 2.54. The molecule has 2 rings (SSSR count). The number of amides is 2. The monoisotopic (exact) mass is 252 g/mol. The van der Waals surface area contributed by atoms with Gasteiger partial charge in [-0.1, -0.05) is 27.7 Å². The van der Waals surface area contributed by atoms with Crippen LogP contribution in [0.1, 0.15) is 53.4 Å². The van der Waals surface area contributed by atoms with Gasteiger partial charge in [0.15, 0.2) is 0 Å². The molecule has 0 aromatic heterocycles. The molecular formula is C14H24N2O2. The largest absolute Gasteiger partial charge is 0.342 e. The lowest BCUT2D eigenvalue weighted by atomic mass is 9.91. The summed E-state index contributed by atoms with van der Waals surface area (Å²) in [5.74, 6) is 0.127. The fourth-order valence-corrected chi connectivity index (χ4v) is 2.98. The predicted octanol–water partition coefficient (Wildman–Crippen LogP) is 1.69. The Labute approximate surface area is 109 Å². The molecule has 102 valence electrons. The number of carbonyl (C=O) groups excluding carboxylic acids is 2. The second kappa shape index (κ2) is 4.25. The number of nitrogens with zero attached hydrogens (tertiary/aromatic N) is 1. The van der Waals surface area contributed by atoms with Gasteiger partial charge in [-0.2, -0.15) is 0 Å². The SMILES string of the molecule is CCC1(CC)NC(=O)CCN(C2CC2(C)C)C1=O. The summed E-state index contributed by atoms with van der Waals surface area (Å²) in [6.07, 6.45) is 2.81. The van der Waals surface area contributed by atoms with E-state index in [1.807, 2.05) is 18.7 Å². The molecule has 0 spiro atoms. The first-order chi connectivity index (χ1) is 8.36. The smallest absolute Gasteiger partial charge is 0.248 e. The van der Waals surface area contributed by atoms with E-state index in [-0.39, 0.29) is 17.2 Å². The molecule has 4 heteroatoms. The van der Waals surface area contributed by atoms with Crippen LogP contribution in [-0.2, 0) is 9.59 Å². The first-order valence-corrected chi connectivity index (χ1v) is 6.98. The first kappa shape index (κ1) is 13.4. The van der Waals surface area contributed by atoms with Gasteiger partial charge in [0.1, 0.15) is 5.54 Å². The Kier molecular flexibility index (Phi) is 3.16. The molecule has 2 amide bonds. The predicted molar refractivity (Wildman–Crippen MR) is 70.0 cm³/mol. The molecule has 0 bridgehead atoms. The lowest BCUT2D eigenvalue weighted by Crippen LogP contribution is -2.57. The van der Waals surface area contributed by atoms with Crippen LogP contribution in [0.4, 0.5) is 0 Å². The van der Waals surface area contributed by atoms with E-state index in [1.165, 1.54) is 0 Å². The molecule has 1 atom stereocenters. The molecule has 2 aliphatic rings. The topological polar surface area (TPSA) is 49.4 Å². The molecule has 0 aromatic rings. The zero-order chi connectivity index (χ0) is 13.6. The van der Waals surface area contributed by atoms with Crippen molar-refractivity contribution in [3.05, 3.63) is 0 Å². The molecule has 4 nitrogen and oxygen atoms in total. The van der Waals surface area contributed by atoms with Crippen molar-refractivity contribution < 1.29 is 9.59 Å². The van der Waals surface area contributed by atoms with Crippen LogP contribution in [0.2, 0.25) is 0 Å². The molecule has 1 saturated carbocycles. The molecule has 0 radical (unpaired) electrons. The average Bonchev–Trinajstić information content (AvgIpc) is 2.97. The Balaban J connectivity index is 2.27. The summed E-state index contributed by atoms with van der Waals surface area (Å²) in [6.45, 7) is 8.89. The van der Waals surface area contributed by atoms with E-state index in [9.17, 15) is 9.59 Å². The summed E-state index contributed by atoms with van der Waals surface area (Å²) < 4.78 is 0. The number of carbonyl (C=O) groups is 2. The highest BCUT2D eigenvalue weighted by molar-refractivity contribution is 5.93. The van der Waals surface area contributed by atoms with Crippen LogP contribution >= 0.6 is 0 Å². The summed E-state index contributed by atoms with van der Waals surface area (Å²) in [6, 6.07) is 0.315. The Morgan fingerprint density at radius 1 is 1.28 bits per heavy atom. The fourth-order valence-electron chi connectivity index (χ4n) is 2.98. The van der Waals surface area contributed by atoms with Crippen molar-refractivity contribution in [1.82, 2.24) is 10.2 Å². The molecule has 1 aliphatic carbocycles. The zero-order valence-electron chi connectivity index (χ0n) is 11.9. The van der Waals surface area contributed by atoms with E-state index < -0.39 is 5.54 Å². The summed E-state index contributed by atoms with van der Waals surface area (Å²) >= 11 is 0. The third-order valence-corrected chi connectivity index (χ3v) is 4.67. The zero-order valence-corrected chi connectivity index (χ0v) is 11.9. The number of rotatable bonds is 3. The normalized spacial score (nSPS) is 29.8. The van der Waals surface area contributed by atoms with Gasteiger partial charge in [0.2, 0.25) is 11.8 Å². The number of hydrogen-bond acceptors (Lipinski definition) is 2. The van der Waals surface area contributed by atoms with E-state index >= 15 is 0 Å². The minimum atomic E-state index is -0.674. The standard InChI is InChI=1S/C14H24N2O2/c1-5-14(6-2)12(18)16(8-7-11(17)15-14)10-9-13(10,3)4/h10H,5-9H2,1-4H3,(H,15,17). The maximum Gasteiger partial charge on any atom is 0.248 e. The fraction of sp³-hybridized carbons (Fsp3) is 0.857. The summed E-state index contributed by atoms with van der Waals surface area (Å²) in [7, 11) is 0. The number of hydrogen-bond donors (Lipinski definition) is 1. The van der Waals surface area contributed by atoms with Crippen LogP contribution in [0, 0.1) is 5.41 Å². The van der Waals surface area contributed by atoms with Crippen molar-refractivity contribution in [2.75, 3.05) is 6.54 Å². The molecule has 0 aromatic carbocycles. The Bertz CT molecular complexity index is 372. The van der Waals surface area contributed by atoms with Crippen molar-refractivity contribution in [3.63, 3.8) is 0 Å². The van der Waals surface area contributed by atoms with Crippen molar-refractivity contribution >= 4 is 11.8 Å². The van der Waals surface area contributed by atoms with Gasteiger partial charge in [-0.05, 0) is 24.7 Å².